The number of unbranched alkanes of at least 4 members (excludes halogenated alkanes) is 1. The van der Waals surface area contributed by atoms with Gasteiger partial charge in [-0.15, -0.1) is 0 Å². The van der Waals surface area contributed by atoms with Crippen molar-refractivity contribution in [1.82, 2.24) is 15.5 Å². The summed E-state index contributed by atoms with van der Waals surface area (Å²) in [5.41, 5.74) is 6.92. The molecule has 4 N–H and O–H groups in total. The summed E-state index contributed by atoms with van der Waals surface area (Å²) in [6.07, 6.45) is 0.238. The first kappa shape index (κ1) is 34.4. The second kappa shape index (κ2) is 16.5. The van der Waals surface area contributed by atoms with Crippen molar-refractivity contribution in [1.29, 1.82) is 0 Å². The van der Waals surface area contributed by atoms with Crippen LogP contribution in [0.5, 0.6) is 0 Å². The molecular formula is C29H46N4O7. The van der Waals surface area contributed by atoms with E-state index in [0.29, 0.717) is 12.0 Å². The third kappa shape index (κ3) is 11.6. The van der Waals surface area contributed by atoms with Crippen molar-refractivity contribution in [3.05, 3.63) is 34.9 Å². The van der Waals surface area contributed by atoms with E-state index in [1.54, 1.807) is 33.8 Å². The number of hydrogen-bond donors (Lipinski definition) is 3. The number of primary amides is 1. The summed E-state index contributed by atoms with van der Waals surface area (Å²) < 4.78 is 10.3. The van der Waals surface area contributed by atoms with Gasteiger partial charge in [0.15, 0.2) is 0 Å². The monoisotopic (exact) mass is 562 g/mol. The molecule has 0 aliphatic heterocycles. The molecule has 1 aromatic carbocycles. The quantitative estimate of drug-likeness (QED) is 0.277. The Balaban J connectivity index is 3.50. The highest BCUT2D eigenvalue weighted by Crippen LogP contribution is 2.28. The molecule has 11 heteroatoms. The molecule has 0 aliphatic carbocycles. The van der Waals surface area contributed by atoms with Gasteiger partial charge in [0.25, 0.3) is 0 Å². The number of benzene rings is 1. The van der Waals surface area contributed by atoms with Crippen LogP contribution in [0.15, 0.2) is 18.2 Å². The van der Waals surface area contributed by atoms with Gasteiger partial charge in [-0.25, -0.2) is 4.79 Å². The fourth-order valence-electron chi connectivity index (χ4n) is 4.03. The van der Waals surface area contributed by atoms with Crippen molar-refractivity contribution in [3.8, 4) is 0 Å². The number of amides is 4. The van der Waals surface area contributed by atoms with Gasteiger partial charge in [-0.2, -0.15) is 0 Å². The van der Waals surface area contributed by atoms with E-state index in [-0.39, 0.29) is 39.0 Å². The molecule has 0 spiro atoms. The Morgan fingerprint density at radius 2 is 1.73 bits per heavy atom. The van der Waals surface area contributed by atoms with E-state index < -0.39 is 47.5 Å². The summed E-state index contributed by atoms with van der Waals surface area (Å²) in [5, 5.41) is 5.35. The lowest BCUT2D eigenvalue weighted by Crippen LogP contribution is -2.53. The van der Waals surface area contributed by atoms with Crippen molar-refractivity contribution in [3.63, 3.8) is 0 Å². The topological polar surface area (TPSA) is 157 Å². The average Bonchev–Trinajstić information content (AvgIpc) is 2.85. The average molecular weight is 563 g/mol. The molecule has 0 heterocycles. The predicted octanol–water partition coefficient (Wildman–Crippen LogP) is 3.20. The van der Waals surface area contributed by atoms with Crippen molar-refractivity contribution in [2.75, 3.05) is 19.7 Å². The third-order valence-corrected chi connectivity index (χ3v) is 6.14. The summed E-state index contributed by atoms with van der Waals surface area (Å²) >= 11 is 0. The van der Waals surface area contributed by atoms with Gasteiger partial charge >= 0.3 is 12.1 Å². The van der Waals surface area contributed by atoms with Crippen LogP contribution < -0.4 is 16.4 Å². The minimum Gasteiger partial charge on any atom is -0.466 e. The molecule has 0 fully saturated rings. The first-order chi connectivity index (χ1) is 18.7. The molecular weight excluding hydrogens is 516 g/mol. The Morgan fingerprint density at radius 1 is 1.05 bits per heavy atom. The molecule has 0 saturated heterocycles. The Bertz CT molecular complexity index is 1040. The van der Waals surface area contributed by atoms with Gasteiger partial charge in [-0.3, -0.25) is 19.2 Å². The van der Waals surface area contributed by atoms with Crippen molar-refractivity contribution >= 4 is 29.8 Å². The lowest BCUT2D eigenvalue weighted by molar-refractivity contribution is -0.144. The lowest BCUT2D eigenvalue weighted by atomic mass is 9.94. The summed E-state index contributed by atoms with van der Waals surface area (Å²) in [7, 11) is 0. The number of ether oxygens (including phenoxy) is 2. The maximum Gasteiger partial charge on any atom is 0.408 e. The van der Waals surface area contributed by atoms with Crippen LogP contribution in [-0.2, 0) is 28.7 Å². The highest BCUT2D eigenvalue weighted by atomic mass is 16.6. The van der Waals surface area contributed by atoms with Crippen molar-refractivity contribution in [2.24, 2.45) is 5.73 Å². The second-order valence-electron chi connectivity index (χ2n) is 10.6. The maximum absolute atomic E-state index is 14.1. The Kier molecular flexibility index (Phi) is 14.2. The first-order valence-electron chi connectivity index (χ1n) is 13.8. The van der Waals surface area contributed by atoms with Gasteiger partial charge < -0.3 is 30.7 Å². The number of aryl methyl sites for hydroxylation is 1. The minimum absolute atomic E-state index is 0.0239. The highest BCUT2D eigenvalue weighted by molar-refractivity contribution is 5.93. The number of nitrogens with zero attached hydrogens (tertiary/aromatic N) is 1. The van der Waals surface area contributed by atoms with E-state index >= 15 is 0 Å². The van der Waals surface area contributed by atoms with E-state index in [1.807, 2.05) is 32.9 Å². The molecule has 40 heavy (non-hydrogen) atoms. The van der Waals surface area contributed by atoms with E-state index in [4.69, 9.17) is 15.2 Å². The van der Waals surface area contributed by atoms with Crippen LogP contribution in [0.2, 0.25) is 0 Å². The van der Waals surface area contributed by atoms with Gasteiger partial charge in [0.2, 0.25) is 17.7 Å². The molecule has 1 aromatic rings. The van der Waals surface area contributed by atoms with E-state index in [2.05, 4.69) is 10.6 Å². The fraction of sp³-hybridized carbons (Fsp3) is 0.621. The van der Waals surface area contributed by atoms with E-state index in [9.17, 15) is 24.0 Å². The molecule has 0 radical (unpaired) electrons. The smallest absolute Gasteiger partial charge is 0.408 e. The molecule has 0 aliphatic rings. The van der Waals surface area contributed by atoms with Crippen LogP contribution in [-0.4, -0.2) is 66.0 Å². The zero-order chi connectivity index (χ0) is 30.5. The number of nitrogens with one attached hydrogen (secondary N) is 2. The number of esters is 1. The summed E-state index contributed by atoms with van der Waals surface area (Å²) in [4.78, 5) is 65.3. The largest absolute Gasteiger partial charge is 0.466 e. The van der Waals surface area contributed by atoms with Gasteiger partial charge in [0.05, 0.1) is 13.0 Å². The lowest BCUT2D eigenvalue weighted by Gasteiger charge is -2.35. The van der Waals surface area contributed by atoms with Crippen LogP contribution in [0.4, 0.5) is 4.79 Å². The number of rotatable bonds is 15. The molecule has 2 unspecified atom stereocenters. The Labute approximate surface area is 237 Å². The first-order valence-corrected chi connectivity index (χ1v) is 13.8. The fourth-order valence-corrected chi connectivity index (χ4v) is 4.03. The third-order valence-electron chi connectivity index (χ3n) is 6.14. The zero-order valence-corrected chi connectivity index (χ0v) is 24.9. The summed E-state index contributed by atoms with van der Waals surface area (Å²) in [5.74, 6) is -2.11. The zero-order valence-electron chi connectivity index (χ0n) is 24.9. The second-order valence-corrected chi connectivity index (χ2v) is 10.6. The standard InChI is InChI=1S/C29H46N4O7/c1-8-10-18-33(27(37)22(14-15-23(30)34)32-28(38)40-29(5,6)7)25(21-13-11-12-19(3)20(21)4)26(36)31-17-16-24(35)39-9-2/h11-13,22,25H,8-10,14-18H2,1-7H3,(H2,30,34)(H,31,36)(H,32,38). The summed E-state index contributed by atoms with van der Waals surface area (Å²) in [6.45, 7) is 13.0. The van der Waals surface area contributed by atoms with Crippen molar-refractivity contribution < 1.29 is 33.4 Å². The van der Waals surface area contributed by atoms with Gasteiger partial charge in [-0.05, 0) is 71.1 Å². The van der Waals surface area contributed by atoms with Crippen LogP contribution in [0.3, 0.4) is 0 Å². The predicted molar refractivity (Wildman–Crippen MR) is 151 cm³/mol. The molecule has 2 atom stereocenters. The van der Waals surface area contributed by atoms with Gasteiger partial charge in [0.1, 0.15) is 17.7 Å². The van der Waals surface area contributed by atoms with Crippen LogP contribution in [0.1, 0.15) is 89.5 Å². The number of alkyl carbamates (subject to hydrolysis) is 1. The molecule has 1 rings (SSSR count). The molecule has 0 saturated carbocycles. The highest BCUT2D eigenvalue weighted by Gasteiger charge is 2.37. The number of hydrogen-bond acceptors (Lipinski definition) is 7. The normalized spacial score (nSPS) is 12.6. The Hall–Kier alpha value is -3.63. The van der Waals surface area contributed by atoms with Crippen LogP contribution in [0.25, 0.3) is 0 Å². The molecule has 0 aromatic heterocycles. The van der Waals surface area contributed by atoms with E-state index in [0.717, 1.165) is 17.5 Å². The molecule has 4 amide bonds. The van der Waals surface area contributed by atoms with Gasteiger partial charge in [-0.1, -0.05) is 31.5 Å². The van der Waals surface area contributed by atoms with Crippen LogP contribution in [0, 0.1) is 13.8 Å². The number of carbonyl (C=O) groups excluding carboxylic acids is 5. The Morgan fingerprint density at radius 3 is 2.30 bits per heavy atom. The summed E-state index contributed by atoms with van der Waals surface area (Å²) in [6, 6.07) is 3.27. The SMILES string of the molecule is CCCCN(C(=O)C(CCC(N)=O)NC(=O)OC(C)(C)C)C(C(=O)NCCC(=O)OCC)c1cccc(C)c1C. The molecule has 224 valence electrons. The van der Waals surface area contributed by atoms with Gasteiger partial charge in [0, 0.05) is 19.5 Å². The minimum atomic E-state index is -1.17. The maximum atomic E-state index is 14.1. The van der Waals surface area contributed by atoms with E-state index in [1.165, 1.54) is 4.90 Å². The van der Waals surface area contributed by atoms with Crippen LogP contribution >= 0.6 is 0 Å². The molecule has 11 nitrogen and oxygen atoms in total. The van der Waals surface area contributed by atoms with Crippen molar-refractivity contribution in [2.45, 2.75) is 98.3 Å². The molecule has 0 bridgehead atoms. The number of carbonyl (C=O) groups is 5. The number of nitrogens with two attached hydrogens (primary N) is 1.